The molecule has 18 heavy (non-hydrogen) atoms. The zero-order valence-corrected chi connectivity index (χ0v) is 10.8. The number of aryl methyl sites for hydroxylation is 3. The Kier molecular flexibility index (Phi) is 3.19. The molecule has 1 aromatic carbocycles. The van der Waals surface area contributed by atoms with E-state index >= 15 is 0 Å². The molecule has 94 valence electrons. The molecule has 0 atom stereocenters. The molecule has 0 spiro atoms. The topological polar surface area (TPSA) is 55.1 Å². The van der Waals surface area contributed by atoms with E-state index in [1.54, 1.807) is 4.57 Å². The second kappa shape index (κ2) is 4.64. The molecule has 0 bridgehead atoms. The number of hydrogen-bond donors (Lipinski definition) is 1. The fourth-order valence-electron chi connectivity index (χ4n) is 1.92. The predicted molar refractivity (Wildman–Crippen MR) is 68.9 cm³/mol. The van der Waals surface area contributed by atoms with Gasteiger partial charge in [-0.1, -0.05) is 18.2 Å². The van der Waals surface area contributed by atoms with Crippen LogP contribution in [0.15, 0.2) is 24.4 Å². The van der Waals surface area contributed by atoms with Crippen molar-refractivity contribution < 1.29 is 9.90 Å². The molecular weight excluding hydrogens is 228 g/mol. The van der Waals surface area contributed by atoms with E-state index in [2.05, 4.69) is 31.0 Å². The summed E-state index contributed by atoms with van der Waals surface area (Å²) >= 11 is 0. The lowest BCUT2D eigenvalue weighted by molar-refractivity contribution is 0.0685. The lowest BCUT2D eigenvalue weighted by atomic mass is 10.1. The van der Waals surface area contributed by atoms with Crippen molar-refractivity contribution in [3.63, 3.8) is 0 Å². The SMILES string of the molecule is Cc1ccc(Cn2c(C(=O)O)cnc2C)cc1C. The number of nitrogens with zero attached hydrogens (tertiary/aromatic N) is 2. The minimum absolute atomic E-state index is 0.228. The Morgan fingerprint density at radius 2 is 2.00 bits per heavy atom. The first-order valence-corrected chi connectivity index (χ1v) is 5.80. The van der Waals surface area contributed by atoms with Crippen molar-refractivity contribution in [3.8, 4) is 0 Å². The van der Waals surface area contributed by atoms with E-state index in [-0.39, 0.29) is 5.69 Å². The van der Waals surface area contributed by atoms with Gasteiger partial charge >= 0.3 is 5.97 Å². The van der Waals surface area contributed by atoms with E-state index in [1.807, 2.05) is 13.0 Å². The molecule has 0 radical (unpaired) electrons. The standard InChI is InChI=1S/C14H16N2O2/c1-9-4-5-12(6-10(9)2)8-16-11(3)15-7-13(16)14(17)18/h4-7H,8H2,1-3H3,(H,17,18). The molecule has 1 N–H and O–H groups in total. The summed E-state index contributed by atoms with van der Waals surface area (Å²) in [6, 6.07) is 6.16. The first kappa shape index (κ1) is 12.4. The van der Waals surface area contributed by atoms with Gasteiger partial charge in [0, 0.05) is 6.54 Å². The number of aromatic nitrogens is 2. The molecule has 2 rings (SSSR count). The van der Waals surface area contributed by atoms with Crippen molar-refractivity contribution in [1.29, 1.82) is 0 Å². The fraction of sp³-hybridized carbons (Fsp3) is 0.286. The fourth-order valence-corrected chi connectivity index (χ4v) is 1.92. The van der Waals surface area contributed by atoms with Gasteiger partial charge in [-0.05, 0) is 37.5 Å². The zero-order chi connectivity index (χ0) is 13.3. The third-order valence-electron chi connectivity index (χ3n) is 3.19. The van der Waals surface area contributed by atoms with Gasteiger partial charge in [0.15, 0.2) is 0 Å². The van der Waals surface area contributed by atoms with Crippen LogP contribution in [-0.2, 0) is 6.54 Å². The smallest absolute Gasteiger partial charge is 0.354 e. The van der Waals surface area contributed by atoms with Gasteiger partial charge in [-0.3, -0.25) is 0 Å². The largest absolute Gasteiger partial charge is 0.477 e. The summed E-state index contributed by atoms with van der Waals surface area (Å²) in [5, 5.41) is 9.09. The maximum absolute atomic E-state index is 11.1. The van der Waals surface area contributed by atoms with Gasteiger partial charge in [0.25, 0.3) is 0 Å². The van der Waals surface area contributed by atoms with Gasteiger partial charge in [-0.15, -0.1) is 0 Å². The molecule has 0 saturated heterocycles. The molecule has 0 unspecified atom stereocenters. The van der Waals surface area contributed by atoms with Crippen LogP contribution in [0.25, 0.3) is 0 Å². The summed E-state index contributed by atoms with van der Waals surface area (Å²) in [4.78, 5) is 15.1. The molecule has 0 saturated carbocycles. The number of carboxylic acid groups (broad SMARTS) is 1. The average molecular weight is 244 g/mol. The molecule has 2 aromatic rings. The number of carbonyl (C=O) groups is 1. The summed E-state index contributed by atoms with van der Waals surface area (Å²) in [6.45, 7) is 6.46. The van der Waals surface area contributed by atoms with E-state index in [4.69, 9.17) is 5.11 Å². The Morgan fingerprint density at radius 3 is 2.61 bits per heavy atom. The number of carboxylic acids is 1. The maximum atomic E-state index is 11.1. The Bertz CT molecular complexity index is 600. The highest BCUT2D eigenvalue weighted by Gasteiger charge is 2.13. The van der Waals surface area contributed by atoms with E-state index < -0.39 is 5.97 Å². The highest BCUT2D eigenvalue weighted by Crippen LogP contribution is 2.14. The Morgan fingerprint density at radius 1 is 1.28 bits per heavy atom. The van der Waals surface area contributed by atoms with Gasteiger partial charge in [0.05, 0.1) is 6.20 Å². The summed E-state index contributed by atoms with van der Waals surface area (Å²) in [7, 11) is 0. The summed E-state index contributed by atoms with van der Waals surface area (Å²) in [6.07, 6.45) is 1.40. The van der Waals surface area contributed by atoms with Crippen LogP contribution in [0.4, 0.5) is 0 Å². The van der Waals surface area contributed by atoms with Crippen LogP contribution in [0.3, 0.4) is 0 Å². The molecule has 0 amide bonds. The van der Waals surface area contributed by atoms with Gasteiger partial charge < -0.3 is 9.67 Å². The lowest BCUT2D eigenvalue weighted by Gasteiger charge is -2.09. The molecule has 0 aliphatic carbocycles. The van der Waals surface area contributed by atoms with Crippen LogP contribution < -0.4 is 0 Å². The Labute approximate surface area is 106 Å². The number of imidazole rings is 1. The van der Waals surface area contributed by atoms with Crippen molar-refractivity contribution in [2.75, 3.05) is 0 Å². The first-order valence-electron chi connectivity index (χ1n) is 5.80. The molecule has 4 nitrogen and oxygen atoms in total. The van der Waals surface area contributed by atoms with Crippen molar-refractivity contribution in [2.24, 2.45) is 0 Å². The quantitative estimate of drug-likeness (QED) is 0.902. The van der Waals surface area contributed by atoms with Gasteiger partial charge in [0.1, 0.15) is 11.5 Å². The molecule has 4 heteroatoms. The molecule has 1 aromatic heterocycles. The summed E-state index contributed by atoms with van der Waals surface area (Å²) < 4.78 is 1.71. The minimum Gasteiger partial charge on any atom is -0.477 e. The molecule has 0 aliphatic heterocycles. The van der Waals surface area contributed by atoms with Crippen LogP contribution in [-0.4, -0.2) is 20.6 Å². The highest BCUT2D eigenvalue weighted by atomic mass is 16.4. The minimum atomic E-state index is -0.945. The second-order valence-corrected chi connectivity index (χ2v) is 4.50. The Hall–Kier alpha value is -2.10. The van der Waals surface area contributed by atoms with E-state index in [9.17, 15) is 4.79 Å². The number of aromatic carboxylic acids is 1. The van der Waals surface area contributed by atoms with Gasteiger partial charge in [0.2, 0.25) is 0 Å². The van der Waals surface area contributed by atoms with Gasteiger partial charge in [-0.25, -0.2) is 9.78 Å². The summed E-state index contributed by atoms with van der Waals surface area (Å²) in [5.41, 5.74) is 3.76. The second-order valence-electron chi connectivity index (χ2n) is 4.50. The number of rotatable bonds is 3. The highest BCUT2D eigenvalue weighted by molar-refractivity contribution is 5.85. The lowest BCUT2D eigenvalue weighted by Crippen LogP contribution is -2.11. The third-order valence-corrected chi connectivity index (χ3v) is 3.19. The maximum Gasteiger partial charge on any atom is 0.354 e. The Balaban J connectivity index is 2.36. The first-order chi connectivity index (χ1) is 8.49. The van der Waals surface area contributed by atoms with Crippen molar-refractivity contribution in [1.82, 2.24) is 9.55 Å². The van der Waals surface area contributed by atoms with Crippen LogP contribution in [0.1, 0.15) is 33.0 Å². The van der Waals surface area contributed by atoms with E-state index in [1.165, 1.54) is 17.3 Å². The van der Waals surface area contributed by atoms with E-state index in [0.29, 0.717) is 12.4 Å². The zero-order valence-electron chi connectivity index (χ0n) is 10.8. The van der Waals surface area contributed by atoms with E-state index in [0.717, 1.165) is 5.56 Å². The number of benzene rings is 1. The van der Waals surface area contributed by atoms with Crippen molar-refractivity contribution >= 4 is 5.97 Å². The summed E-state index contributed by atoms with van der Waals surface area (Å²) in [5.74, 6) is -0.231. The van der Waals surface area contributed by atoms with Crippen molar-refractivity contribution in [2.45, 2.75) is 27.3 Å². The van der Waals surface area contributed by atoms with Crippen LogP contribution in [0, 0.1) is 20.8 Å². The van der Waals surface area contributed by atoms with Crippen LogP contribution in [0.2, 0.25) is 0 Å². The number of hydrogen-bond acceptors (Lipinski definition) is 2. The molecular formula is C14H16N2O2. The normalized spacial score (nSPS) is 10.6. The average Bonchev–Trinajstić information content (AvgIpc) is 2.66. The monoisotopic (exact) mass is 244 g/mol. The van der Waals surface area contributed by atoms with Crippen LogP contribution in [0.5, 0.6) is 0 Å². The molecule has 0 fully saturated rings. The third kappa shape index (κ3) is 2.27. The predicted octanol–water partition coefficient (Wildman–Crippen LogP) is 2.55. The van der Waals surface area contributed by atoms with Crippen molar-refractivity contribution in [3.05, 3.63) is 52.6 Å². The van der Waals surface area contributed by atoms with Gasteiger partial charge in [-0.2, -0.15) is 0 Å². The molecule has 0 aliphatic rings. The molecule has 1 heterocycles. The van der Waals surface area contributed by atoms with Crippen LogP contribution >= 0.6 is 0 Å².